The third-order valence-electron chi connectivity index (χ3n) is 8.65. The first-order valence-electron chi connectivity index (χ1n) is 14.8. The van der Waals surface area contributed by atoms with Gasteiger partial charge < -0.3 is 0 Å². The summed E-state index contributed by atoms with van der Waals surface area (Å²) in [5.41, 5.74) is 2.00. The zero-order valence-electron chi connectivity index (χ0n) is 24.6. The highest BCUT2D eigenvalue weighted by molar-refractivity contribution is 6.30. The molecule has 0 fully saturated rings. The molecule has 0 radical (unpaired) electrons. The monoisotopic (exact) mass is 560 g/mol. The Morgan fingerprint density at radius 2 is 0.929 bits per heavy atom. The fraction of sp³-hybridized carbons (Fsp3) is 0.353. The average Bonchev–Trinajstić information content (AvgIpc) is 3.77. The first kappa shape index (κ1) is 27.7. The smallest absolute Gasteiger partial charge is 0.261 e. The molecule has 4 aliphatic heterocycles. The second-order valence-electron chi connectivity index (χ2n) is 11.4. The number of amides is 2. The van der Waals surface area contributed by atoms with Gasteiger partial charge in [0.15, 0.2) is 11.3 Å². The van der Waals surface area contributed by atoms with Crippen molar-refractivity contribution in [1.29, 1.82) is 0 Å². The van der Waals surface area contributed by atoms with Crippen LogP contribution in [0.15, 0.2) is 91.8 Å². The molecule has 4 heterocycles. The van der Waals surface area contributed by atoms with Crippen LogP contribution < -0.4 is 0 Å². The number of nitrogens with zero attached hydrogens (tertiary/aromatic N) is 6. The molecule has 2 aromatic rings. The van der Waals surface area contributed by atoms with Crippen molar-refractivity contribution in [3.63, 3.8) is 0 Å². The minimum Gasteiger partial charge on any atom is -0.299 e. The molecule has 2 aromatic carbocycles. The number of hydrogen-bond donors (Lipinski definition) is 0. The Bertz CT molecular complexity index is 1440. The molecule has 2 unspecified atom stereocenters. The van der Waals surface area contributed by atoms with Gasteiger partial charge in [0.25, 0.3) is 11.8 Å². The van der Waals surface area contributed by atoms with Crippen LogP contribution in [0.5, 0.6) is 0 Å². The first-order chi connectivity index (χ1) is 20.3. The summed E-state index contributed by atoms with van der Waals surface area (Å²) < 4.78 is 0. The lowest BCUT2D eigenvalue weighted by molar-refractivity contribution is -0.126. The Labute approximate surface area is 247 Å². The maximum Gasteiger partial charge on any atom is 0.261 e. The number of aliphatic imine (C=N–C) groups is 4. The van der Waals surface area contributed by atoms with Crippen molar-refractivity contribution >= 4 is 48.1 Å². The normalized spacial score (nSPS) is 21.3. The highest BCUT2D eigenvalue weighted by Gasteiger charge is 2.56. The van der Waals surface area contributed by atoms with Crippen molar-refractivity contribution < 1.29 is 9.59 Å². The van der Waals surface area contributed by atoms with Gasteiger partial charge in [-0.25, -0.2) is 0 Å². The van der Waals surface area contributed by atoms with E-state index in [4.69, 9.17) is 20.0 Å². The Balaban J connectivity index is 1.64. The summed E-state index contributed by atoms with van der Waals surface area (Å²) in [6, 6.07) is 18.7. The van der Waals surface area contributed by atoms with Crippen LogP contribution in [0.2, 0.25) is 0 Å². The number of hydrogen-bond acceptors (Lipinski definition) is 6. The summed E-state index contributed by atoms with van der Waals surface area (Å²) >= 11 is 0. The van der Waals surface area contributed by atoms with Crippen molar-refractivity contribution in [2.45, 2.75) is 76.8 Å². The molecule has 0 bridgehead atoms. The van der Waals surface area contributed by atoms with E-state index in [2.05, 4.69) is 13.8 Å². The summed E-state index contributed by atoms with van der Waals surface area (Å²) in [7, 11) is 0. The van der Waals surface area contributed by atoms with E-state index >= 15 is 0 Å². The second-order valence-corrected chi connectivity index (χ2v) is 11.4. The molecule has 2 amide bonds. The van der Waals surface area contributed by atoms with E-state index in [0.717, 1.165) is 24.0 Å². The summed E-state index contributed by atoms with van der Waals surface area (Å²) in [4.78, 5) is 52.3. The van der Waals surface area contributed by atoms with Crippen molar-refractivity contribution in [2.24, 2.45) is 20.0 Å². The molecular formula is C34H36N6O2. The van der Waals surface area contributed by atoms with E-state index in [1.54, 1.807) is 24.9 Å². The summed E-state index contributed by atoms with van der Waals surface area (Å²) in [6.07, 6.45) is 9.77. The van der Waals surface area contributed by atoms with Gasteiger partial charge in [-0.15, -0.1) is 0 Å². The zero-order chi connectivity index (χ0) is 29.5. The van der Waals surface area contributed by atoms with E-state index in [0.29, 0.717) is 35.4 Å². The predicted molar refractivity (Wildman–Crippen MR) is 169 cm³/mol. The summed E-state index contributed by atoms with van der Waals surface area (Å²) in [6.45, 7) is 8.10. The molecule has 8 nitrogen and oxygen atoms in total. The second kappa shape index (κ2) is 10.7. The number of fused-ring (bicyclic) bond motifs is 1. The lowest BCUT2D eigenvalue weighted by Gasteiger charge is -2.40. The van der Waals surface area contributed by atoms with Crippen LogP contribution in [0, 0.1) is 0 Å². The van der Waals surface area contributed by atoms with Gasteiger partial charge in [-0.2, -0.15) is 0 Å². The fourth-order valence-corrected chi connectivity index (χ4v) is 6.68. The lowest BCUT2D eigenvalue weighted by atomic mass is 9.94. The molecule has 214 valence electrons. The highest BCUT2D eigenvalue weighted by atomic mass is 16.2. The van der Waals surface area contributed by atoms with Crippen LogP contribution in [0.4, 0.5) is 0 Å². The Morgan fingerprint density at radius 3 is 1.24 bits per heavy atom. The Kier molecular flexibility index (Phi) is 7.09. The van der Waals surface area contributed by atoms with Crippen molar-refractivity contribution in [3.8, 4) is 0 Å². The third kappa shape index (κ3) is 4.28. The Morgan fingerprint density at radius 1 is 0.595 bits per heavy atom. The first-order valence-corrected chi connectivity index (χ1v) is 14.8. The number of benzene rings is 2. The molecule has 0 aromatic heterocycles. The molecule has 6 rings (SSSR count). The van der Waals surface area contributed by atoms with Gasteiger partial charge in [0.1, 0.15) is 0 Å². The van der Waals surface area contributed by atoms with Crippen molar-refractivity contribution in [2.75, 3.05) is 0 Å². The zero-order valence-corrected chi connectivity index (χ0v) is 24.6. The molecule has 4 aliphatic rings. The van der Waals surface area contributed by atoms with E-state index < -0.39 is 11.3 Å². The maximum atomic E-state index is 14.9. The topological polar surface area (TPSA) is 90.1 Å². The molecule has 0 N–H and O–H groups in total. The third-order valence-corrected chi connectivity index (χ3v) is 8.65. The van der Waals surface area contributed by atoms with Gasteiger partial charge in [0, 0.05) is 24.9 Å². The molecule has 0 saturated carbocycles. The van der Waals surface area contributed by atoms with E-state index in [1.165, 1.54) is 0 Å². The number of carbonyl (C=O) groups is 2. The molecule has 0 aliphatic carbocycles. The highest BCUT2D eigenvalue weighted by Crippen LogP contribution is 2.51. The van der Waals surface area contributed by atoms with E-state index in [-0.39, 0.29) is 23.9 Å². The van der Waals surface area contributed by atoms with Gasteiger partial charge in [-0.3, -0.25) is 39.4 Å². The van der Waals surface area contributed by atoms with Crippen LogP contribution in [-0.2, 0) is 9.59 Å². The molecule has 2 atom stereocenters. The fourth-order valence-electron chi connectivity index (χ4n) is 6.68. The molecule has 8 heteroatoms. The van der Waals surface area contributed by atoms with Gasteiger partial charge in [-0.05, 0) is 37.8 Å². The average molecular weight is 561 g/mol. The molecule has 0 saturated heterocycles. The predicted octanol–water partition coefficient (Wildman–Crippen LogP) is 5.57. The number of carbonyl (C=O) groups excluding carboxylic acids is 2. The minimum atomic E-state index is -0.855. The van der Waals surface area contributed by atoms with Gasteiger partial charge in [-0.1, -0.05) is 87.4 Å². The van der Waals surface area contributed by atoms with Gasteiger partial charge in [0.05, 0.1) is 34.6 Å². The Hall–Kier alpha value is -4.46. The SMILES string of the molecule is CCCC(N1C(=O)C2=C(c3ccccc3)N(C(CCC)C3(C)N=CC=N3)C(=O)C2=C1c1ccccc1)C1(C)N=CC=N1. The van der Waals surface area contributed by atoms with Gasteiger partial charge in [0.2, 0.25) is 0 Å². The maximum absolute atomic E-state index is 14.9. The standard InChI is InChI=1S/C34H36N6O2/c1-5-13-25(33(3)35-19-20-36-33)39-29(23-15-9-7-10-16-23)27-28(31(39)41)30(24-17-11-8-12-18-24)40(32(27)42)26(14-6-2)34(4)37-21-22-38-34/h7-12,15-22,25-26H,5-6,13-14H2,1-4H3. The van der Waals surface area contributed by atoms with Gasteiger partial charge >= 0.3 is 0 Å². The molecular weight excluding hydrogens is 524 g/mol. The van der Waals surface area contributed by atoms with Crippen molar-refractivity contribution in [3.05, 3.63) is 82.9 Å². The largest absolute Gasteiger partial charge is 0.299 e. The van der Waals surface area contributed by atoms with Crippen LogP contribution in [0.1, 0.15) is 64.5 Å². The number of rotatable bonds is 10. The molecule has 0 spiro atoms. The lowest BCUT2D eigenvalue weighted by Crippen LogP contribution is -2.50. The van der Waals surface area contributed by atoms with Crippen LogP contribution in [-0.4, -0.2) is 69.9 Å². The minimum absolute atomic E-state index is 0.200. The van der Waals surface area contributed by atoms with Crippen LogP contribution in [0.3, 0.4) is 0 Å². The quantitative estimate of drug-likeness (QED) is 0.380. The molecule has 42 heavy (non-hydrogen) atoms. The van der Waals surface area contributed by atoms with Crippen LogP contribution >= 0.6 is 0 Å². The summed E-state index contributed by atoms with van der Waals surface area (Å²) in [5.74, 6) is -0.399. The van der Waals surface area contributed by atoms with Crippen molar-refractivity contribution in [1.82, 2.24) is 9.80 Å². The summed E-state index contributed by atoms with van der Waals surface area (Å²) in [5, 5.41) is 0. The van der Waals surface area contributed by atoms with Crippen LogP contribution in [0.25, 0.3) is 11.4 Å². The van der Waals surface area contributed by atoms with E-state index in [9.17, 15) is 9.59 Å². The van der Waals surface area contributed by atoms with E-state index in [1.807, 2.05) is 84.3 Å².